The van der Waals surface area contributed by atoms with Gasteiger partial charge in [-0.1, -0.05) is 5.10 Å². The zero-order valence-electron chi connectivity index (χ0n) is 1.80. The van der Waals surface area contributed by atoms with Crippen LogP contribution in [-0.2, 0) is 0 Å². The number of hydrogen-bond acceptors (Lipinski definition) is 2. The van der Waals surface area contributed by atoms with Crippen molar-refractivity contribution < 1.29 is 4.52 Å². The number of rotatable bonds is 0. The van der Waals surface area contributed by atoms with Gasteiger partial charge in [0.15, 0.2) is 0 Å². The van der Waals surface area contributed by atoms with E-state index in [9.17, 15) is 0 Å². The standard InChI is InChI=1S/CN2O/c2-1-3(2)4-1. The van der Waals surface area contributed by atoms with Gasteiger partial charge in [-0.05, 0) is 4.85 Å². The molecule has 0 aromatic heterocycles. The van der Waals surface area contributed by atoms with E-state index in [2.05, 4.69) is 9.62 Å². The van der Waals surface area contributed by atoms with Gasteiger partial charge in [-0.25, -0.2) is 0 Å². The molecule has 0 aliphatic carbocycles. The first kappa shape index (κ1) is 0.924. The lowest BCUT2D eigenvalue weighted by atomic mass is 11.4. The van der Waals surface area contributed by atoms with Crippen molar-refractivity contribution in [3.63, 3.8) is 0 Å². The second kappa shape index (κ2) is 0.0693. The lowest BCUT2D eigenvalue weighted by Gasteiger charge is -1.31. The monoisotopic (exact) mass is 56.0 g/mol. The van der Waals surface area contributed by atoms with E-state index in [1.807, 2.05) is 0 Å². The van der Waals surface area contributed by atoms with Gasteiger partial charge < -0.3 is 4.52 Å². The number of aromatic nitrogens is 2. The van der Waals surface area contributed by atoms with E-state index in [1.165, 1.54) is 4.85 Å². The molecule has 3 nitrogen and oxygen atoms in total. The molecule has 2 aliphatic heterocycles. The van der Waals surface area contributed by atoms with Gasteiger partial charge in [0.1, 0.15) is 0 Å². The van der Waals surface area contributed by atoms with Crippen molar-refractivity contribution in [3.8, 4) is 6.01 Å². The number of fused-ring (bicyclic) bond motifs is 1. The van der Waals surface area contributed by atoms with E-state index < -0.39 is 0 Å². The fourth-order valence-corrected chi connectivity index (χ4v) is 0.118. The van der Waals surface area contributed by atoms with Gasteiger partial charge in [-0.3, -0.25) is 0 Å². The molecule has 0 atom stereocenters. The van der Waals surface area contributed by atoms with Crippen molar-refractivity contribution >= 4 is 0 Å². The van der Waals surface area contributed by atoms with Gasteiger partial charge in [-0.2, -0.15) is 0 Å². The van der Waals surface area contributed by atoms with Crippen molar-refractivity contribution in [1.82, 2.24) is 9.95 Å². The summed E-state index contributed by atoms with van der Waals surface area (Å²) in [6.07, 6.45) is 0. The van der Waals surface area contributed by atoms with Crippen LogP contribution < -0.4 is 0 Å². The summed E-state index contributed by atoms with van der Waals surface area (Å²) in [7, 11) is 0. The normalized spacial score (nSPS) is 13.0. The third kappa shape index (κ3) is 0.00175. The second-order valence-corrected chi connectivity index (χ2v) is 0.747. The molecule has 0 spiro atoms. The summed E-state index contributed by atoms with van der Waals surface area (Å²) in [6.45, 7) is 0. The molecule has 20 valence electrons. The summed E-state index contributed by atoms with van der Waals surface area (Å²) < 4.78 is 4.39. The highest BCUT2D eigenvalue weighted by Gasteiger charge is 2.28. The predicted octanol–water partition coefficient (Wildman–Crippen LogP) is -0.221. The van der Waals surface area contributed by atoms with Crippen molar-refractivity contribution in [2.45, 2.75) is 0 Å². The van der Waals surface area contributed by atoms with E-state index in [0.717, 1.165) is 6.01 Å². The van der Waals surface area contributed by atoms with Crippen LogP contribution in [0.15, 0.2) is 4.52 Å². The van der Waals surface area contributed by atoms with Crippen LogP contribution in [0, 0.1) is 0 Å². The summed E-state index contributed by atoms with van der Waals surface area (Å²) in [5.74, 6) is 0. The molecular formula is CN2O. The molecule has 0 fully saturated rings. The Morgan fingerprint density at radius 1 is 2.00 bits per heavy atom. The minimum absolute atomic E-state index is 0.792. The Balaban J connectivity index is 3.39. The van der Waals surface area contributed by atoms with Crippen molar-refractivity contribution in [1.29, 1.82) is 0 Å². The molecule has 0 aromatic carbocycles. The van der Waals surface area contributed by atoms with Crippen LogP contribution in [0.25, 0.3) is 6.01 Å². The molecule has 0 aromatic rings. The Morgan fingerprint density at radius 3 is 2.25 bits per heavy atom. The summed E-state index contributed by atoms with van der Waals surface area (Å²) in [5.41, 5.74) is 0. The Hall–Kier alpha value is -0.730. The molecule has 4 heavy (non-hydrogen) atoms. The zero-order valence-corrected chi connectivity index (χ0v) is 1.80. The smallest absolute Gasteiger partial charge is 0.306 e. The molecule has 0 radical (unpaired) electrons. The zero-order chi connectivity index (χ0) is 2.57. The Morgan fingerprint density at radius 2 is 2.25 bits per heavy atom. The van der Waals surface area contributed by atoms with Crippen molar-refractivity contribution in [3.05, 3.63) is 0 Å². The topological polar surface area (TPSA) is 31.0 Å². The van der Waals surface area contributed by atoms with Crippen LogP contribution in [0.5, 0.6) is 0 Å². The van der Waals surface area contributed by atoms with E-state index in [0.29, 0.717) is 0 Å². The lowest BCUT2D eigenvalue weighted by molar-refractivity contribution is 0.501. The molecule has 0 unspecified atom stereocenters. The molecule has 3 heteroatoms. The van der Waals surface area contributed by atoms with Crippen LogP contribution in [0.2, 0.25) is 0 Å². The van der Waals surface area contributed by atoms with E-state index in [-0.39, 0.29) is 0 Å². The SMILES string of the molecule is n1c2on1-2. The highest BCUT2D eigenvalue weighted by Crippen LogP contribution is 2.19. The van der Waals surface area contributed by atoms with Gasteiger partial charge in [0.05, 0.1) is 0 Å². The molecule has 0 amide bonds. The third-order valence-corrected chi connectivity index (χ3v) is 0.436. The van der Waals surface area contributed by atoms with E-state index in [4.69, 9.17) is 0 Å². The molecule has 0 saturated heterocycles. The molecule has 2 aliphatic rings. The van der Waals surface area contributed by atoms with Gasteiger partial charge in [0.2, 0.25) is 0 Å². The minimum Gasteiger partial charge on any atom is -0.306 e. The van der Waals surface area contributed by atoms with Crippen LogP contribution >= 0.6 is 0 Å². The number of hydrogen-bond donors (Lipinski definition) is 0. The Kier molecular flexibility index (Phi) is 0.0160. The summed E-state index contributed by atoms with van der Waals surface area (Å²) in [4.78, 5) is 1.46. The first-order valence-electron chi connectivity index (χ1n) is 1.03. The quantitative estimate of drug-likeness (QED) is 0.417. The fourth-order valence-electron chi connectivity index (χ4n) is 0.118. The molecule has 0 N–H and O–H groups in total. The van der Waals surface area contributed by atoms with Crippen LogP contribution in [0.4, 0.5) is 0 Å². The summed E-state index contributed by atoms with van der Waals surface area (Å²) in [6, 6.07) is 0.792. The molecule has 2 heterocycles. The average Bonchev–Trinajstić information content (AvgIpc) is 1.36. The maximum atomic E-state index is 4.39. The Bertz CT molecular complexity index is 104. The van der Waals surface area contributed by atoms with Crippen LogP contribution in [0.1, 0.15) is 0 Å². The van der Waals surface area contributed by atoms with Gasteiger partial charge in [0.25, 0.3) is 0 Å². The van der Waals surface area contributed by atoms with E-state index in [1.54, 1.807) is 0 Å². The maximum absolute atomic E-state index is 4.39. The first-order valence-corrected chi connectivity index (χ1v) is 1.03. The Labute approximate surface area is 21.8 Å². The summed E-state index contributed by atoms with van der Waals surface area (Å²) >= 11 is 0. The lowest BCUT2D eigenvalue weighted by Crippen LogP contribution is -1.39. The molecular weight excluding hydrogens is 56.0 g/mol. The van der Waals surface area contributed by atoms with Gasteiger partial charge in [0, 0.05) is 0 Å². The molecule has 0 bridgehead atoms. The molecule has 0 saturated carbocycles. The predicted molar refractivity (Wildman–Crippen MR) is 9.39 cm³/mol. The highest BCUT2D eigenvalue weighted by molar-refractivity contribution is 5.09. The minimum atomic E-state index is 0.792. The largest absolute Gasteiger partial charge is 0.397 e. The van der Waals surface area contributed by atoms with Crippen molar-refractivity contribution in [2.75, 3.05) is 0 Å². The fraction of sp³-hybridized carbons (Fsp3) is 0. The van der Waals surface area contributed by atoms with Crippen molar-refractivity contribution in [2.24, 2.45) is 0 Å². The average molecular weight is 56.0 g/mol. The third-order valence-electron chi connectivity index (χ3n) is 0.436. The number of nitrogens with zero attached hydrogens (tertiary/aromatic N) is 2. The molecule has 2 rings (SSSR count). The first-order chi connectivity index (χ1) is 1.97. The van der Waals surface area contributed by atoms with Gasteiger partial charge >= 0.3 is 6.01 Å². The van der Waals surface area contributed by atoms with E-state index >= 15 is 0 Å². The van der Waals surface area contributed by atoms with Crippen LogP contribution in [0.3, 0.4) is 0 Å². The summed E-state index contributed by atoms with van der Waals surface area (Å²) in [5, 5.41) is 3.53. The van der Waals surface area contributed by atoms with Gasteiger partial charge in [-0.15, -0.1) is 0 Å². The highest BCUT2D eigenvalue weighted by atomic mass is 16.7. The maximum Gasteiger partial charge on any atom is 0.397 e. The second-order valence-electron chi connectivity index (χ2n) is 0.747. The van der Waals surface area contributed by atoms with Crippen LogP contribution in [-0.4, -0.2) is 9.95 Å².